The van der Waals surface area contributed by atoms with Gasteiger partial charge in [-0.2, -0.15) is 0 Å². The Morgan fingerprint density at radius 2 is 1.92 bits per heavy atom. The second-order valence-electron chi connectivity index (χ2n) is 7.84. The van der Waals surface area contributed by atoms with Crippen molar-refractivity contribution in [1.29, 1.82) is 0 Å². The third-order valence-corrected chi connectivity index (χ3v) is 6.01. The molecular formula is C18H25N3O4S. The highest BCUT2D eigenvalue weighted by atomic mass is 32.1. The van der Waals surface area contributed by atoms with Gasteiger partial charge in [-0.25, -0.2) is 0 Å². The number of thiophene rings is 1. The van der Waals surface area contributed by atoms with Crippen LogP contribution in [0.4, 0.5) is 5.00 Å². The molecule has 0 aliphatic carbocycles. The molecule has 2 aliphatic rings. The summed E-state index contributed by atoms with van der Waals surface area (Å²) in [4.78, 5) is 43.7. The molecule has 3 rings (SSSR count). The van der Waals surface area contributed by atoms with Crippen LogP contribution in [0, 0.1) is 5.41 Å². The predicted molar refractivity (Wildman–Crippen MR) is 99.3 cm³/mol. The number of carbonyl (C=O) groups is 3. The van der Waals surface area contributed by atoms with Gasteiger partial charge in [0, 0.05) is 30.4 Å². The molecule has 0 bridgehead atoms. The van der Waals surface area contributed by atoms with Crippen LogP contribution >= 0.6 is 11.3 Å². The summed E-state index contributed by atoms with van der Waals surface area (Å²) >= 11 is 1.39. The largest absolute Gasteiger partial charge is 0.395 e. The molecule has 7 nitrogen and oxygen atoms in total. The number of anilines is 1. The van der Waals surface area contributed by atoms with Gasteiger partial charge in [-0.1, -0.05) is 20.8 Å². The fourth-order valence-electron chi connectivity index (χ4n) is 3.44. The lowest BCUT2D eigenvalue weighted by Crippen LogP contribution is -2.42. The maximum atomic E-state index is 12.9. The highest BCUT2D eigenvalue weighted by Gasteiger charge is 2.38. The van der Waals surface area contributed by atoms with Crippen LogP contribution in [0.2, 0.25) is 0 Å². The molecule has 0 aromatic carbocycles. The van der Waals surface area contributed by atoms with E-state index < -0.39 is 5.41 Å². The SMILES string of the molecule is CN1CC(=O)N(CCO)c2sc3c(c2C1=O)CCN(C(=O)C(C)(C)C)C3. The summed E-state index contributed by atoms with van der Waals surface area (Å²) in [7, 11) is 1.62. The Kier molecular flexibility index (Phi) is 4.83. The quantitative estimate of drug-likeness (QED) is 0.834. The molecule has 26 heavy (non-hydrogen) atoms. The van der Waals surface area contributed by atoms with E-state index in [0.717, 1.165) is 10.4 Å². The zero-order chi connectivity index (χ0) is 19.2. The molecule has 0 atom stereocenters. The van der Waals surface area contributed by atoms with Crippen LogP contribution in [0.5, 0.6) is 0 Å². The van der Waals surface area contributed by atoms with E-state index in [0.29, 0.717) is 30.1 Å². The summed E-state index contributed by atoms with van der Waals surface area (Å²) in [5, 5.41) is 9.96. The summed E-state index contributed by atoms with van der Waals surface area (Å²) in [6.07, 6.45) is 0.601. The Bertz CT molecular complexity index is 765. The van der Waals surface area contributed by atoms with Gasteiger partial charge in [0.15, 0.2) is 0 Å². The van der Waals surface area contributed by atoms with Crippen LogP contribution in [0.1, 0.15) is 41.6 Å². The fraction of sp³-hybridized carbons (Fsp3) is 0.611. The van der Waals surface area contributed by atoms with Gasteiger partial charge in [0.2, 0.25) is 11.8 Å². The number of amides is 3. The first kappa shape index (κ1) is 18.8. The molecule has 0 unspecified atom stereocenters. The van der Waals surface area contributed by atoms with Crippen molar-refractivity contribution in [2.75, 3.05) is 38.2 Å². The van der Waals surface area contributed by atoms with Crippen LogP contribution in [-0.4, -0.2) is 65.9 Å². The normalized spacial score (nSPS) is 18.0. The fourth-order valence-corrected chi connectivity index (χ4v) is 4.83. The third kappa shape index (κ3) is 3.12. The van der Waals surface area contributed by atoms with Crippen LogP contribution in [-0.2, 0) is 22.6 Å². The lowest BCUT2D eigenvalue weighted by atomic mass is 9.93. The zero-order valence-corrected chi connectivity index (χ0v) is 16.5. The van der Waals surface area contributed by atoms with Crippen LogP contribution in [0.25, 0.3) is 0 Å². The first-order valence-corrected chi connectivity index (χ1v) is 9.57. The Labute approximate surface area is 157 Å². The molecule has 1 aromatic rings. The molecule has 3 amide bonds. The van der Waals surface area contributed by atoms with Gasteiger partial charge >= 0.3 is 0 Å². The minimum atomic E-state index is -0.458. The van der Waals surface area contributed by atoms with E-state index in [-0.39, 0.29) is 37.4 Å². The number of aliphatic hydroxyl groups excluding tert-OH is 1. The molecule has 1 N–H and O–H groups in total. The topological polar surface area (TPSA) is 81.2 Å². The van der Waals surface area contributed by atoms with Gasteiger partial charge in [-0.05, 0) is 12.0 Å². The van der Waals surface area contributed by atoms with Crippen molar-refractivity contribution in [3.63, 3.8) is 0 Å². The number of aliphatic hydroxyl groups is 1. The minimum Gasteiger partial charge on any atom is -0.395 e. The first-order chi connectivity index (χ1) is 12.1. The van der Waals surface area contributed by atoms with Crippen molar-refractivity contribution in [3.05, 3.63) is 16.0 Å². The van der Waals surface area contributed by atoms with Crippen molar-refractivity contribution >= 4 is 34.1 Å². The number of hydrogen-bond donors (Lipinski definition) is 1. The van der Waals surface area contributed by atoms with Crippen molar-refractivity contribution in [2.24, 2.45) is 5.41 Å². The number of nitrogens with zero attached hydrogens (tertiary/aromatic N) is 3. The van der Waals surface area contributed by atoms with Gasteiger partial charge in [-0.3, -0.25) is 19.3 Å². The van der Waals surface area contributed by atoms with E-state index in [4.69, 9.17) is 0 Å². The monoisotopic (exact) mass is 379 g/mol. The highest BCUT2D eigenvalue weighted by Crippen LogP contribution is 2.41. The van der Waals surface area contributed by atoms with E-state index in [1.54, 1.807) is 7.05 Å². The molecule has 8 heteroatoms. The van der Waals surface area contributed by atoms with Crippen molar-refractivity contribution < 1.29 is 19.5 Å². The predicted octanol–water partition coefficient (Wildman–Crippen LogP) is 1.09. The van der Waals surface area contributed by atoms with Gasteiger partial charge in [-0.15, -0.1) is 11.3 Å². The smallest absolute Gasteiger partial charge is 0.257 e. The summed E-state index contributed by atoms with van der Waals surface area (Å²) in [5.74, 6) is -0.282. The Hall–Kier alpha value is -1.93. The van der Waals surface area contributed by atoms with E-state index in [9.17, 15) is 19.5 Å². The van der Waals surface area contributed by atoms with Crippen molar-refractivity contribution in [2.45, 2.75) is 33.7 Å². The van der Waals surface area contributed by atoms with Gasteiger partial charge < -0.3 is 14.9 Å². The number of rotatable bonds is 2. The molecule has 0 saturated heterocycles. The molecule has 0 spiro atoms. The molecular weight excluding hydrogens is 354 g/mol. The van der Waals surface area contributed by atoms with Crippen LogP contribution in [0.3, 0.4) is 0 Å². The lowest BCUT2D eigenvalue weighted by molar-refractivity contribution is -0.140. The zero-order valence-electron chi connectivity index (χ0n) is 15.7. The summed E-state index contributed by atoms with van der Waals surface area (Å²) in [6.45, 7) is 6.72. The van der Waals surface area contributed by atoms with E-state index in [1.807, 2.05) is 25.7 Å². The Morgan fingerprint density at radius 1 is 1.23 bits per heavy atom. The van der Waals surface area contributed by atoms with Crippen molar-refractivity contribution in [3.8, 4) is 0 Å². The number of fused-ring (bicyclic) bond motifs is 3. The van der Waals surface area contributed by atoms with Crippen LogP contribution < -0.4 is 4.90 Å². The average Bonchev–Trinajstić information content (AvgIpc) is 2.91. The van der Waals surface area contributed by atoms with Gasteiger partial charge in [0.25, 0.3) is 5.91 Å². The second kappa shape index (κ2) is 6.66. The molecule has 1 aromatic heterocycles. The second-order valence-corrected chi connectivity index (χ2v) is 8.92. The molecule has 0 fully saturated rings. The average molecular weight is 379 g/mol. The molecule has 0 radical (unpaired) electrons. The van der Waals surface area contributed by atoms with Gasteiger partial charge in [0.1, 0.15) is 11.5 Å². The Balaban J connectivity index is 2.03. The number of carbonyl (C=O) groups excluding carboxylic acids is 3. The lowest BCUT2D eigenvalue weighted by Gasteiger charge is -2.32. The number of likely N-dealkylation sites (N-methyl/N-ethyl adjacent to an activating group) is 1. The maximum Gasteiger partial charge on any atom is 0.257 e. The summed E-state index contributed by atoms with van der Waals surface area (Å²) < 4.78 is 0. The molecule has 2 aliphatic heterocycles. The summed E-state index contributed by atoms with van der Waals surface area (Å²) in [5.41, 5.74) is 1.05. The molecule has 0 saturated carbocycles. The highest BCUT2D eigenvalue weighted by molar-refractivity contribution is 7.17. The minimum absolute atomic E-state index is 0.00361. The molecule has 3 heterocycles. The third-order valence-electron chi connectivity index (χ3n) is 4.77. The van der Waals surface area contributed by atoms with E-state index >= 15 is 0 Å². The number of hydrogen-bond acceptors (Lipinski definition) is 5. The number of β-amino-alcohol motifs (C(OH)–C–C–N with tert-alkyl or cyclic N) is 1. The first-order valence-electron chi connectivity index (χ1n) is 8.75. The summed E-state index contributed by atoms with van der Waals surface area (Å²) in [6, 6.07) is 0. The van der Waals surface area contributed by atoms with Gasteiger partial charge in [0.05, 0.1) is 18.7 Å². The standard InChI is InChI=1S/C18H25N3O4S/c1-18(2,3)17(25)20-6-5-11-12(9-20)26-16-14(11)15(24)19(4)10-13(23)21(16)7-8-22/h22H,5-10H2,1-4H3. The maximum absolute atomic E-state index is 12.9. The van der Waals surface area contributed by atoms with E-state index in [1.165, 1.54) is 21.1 Å². The van der Waals surface area contributed by atoms with E-state index in [2.05, 4.69) is 0 Å². The van der Waals surface area contributed by atoms with Crippen molar-refractivity contribution in [1.82, 2.24) is 9.80 Å². The van der Waals surface area contributed by atoms with Crippen LogP contribution in [0.15, 0.2) is 0 Å². The Morgan fingerprint density at radius 3 is 2.54 bits per heavy atom. The molecule has 142 valence electrons.